The molecule has 25 heavy (non-hydrogen) atoms. The first kappa shape index (κ1) is 18.6. The summed E-state index contributed by atoms with van der Waals surface area (Å²) < 4.78 is 32.4. The number of amides is 1. The number of carboxylic acid groups (broad SMARTS) is 1. The molecule has 2 aromatic rings. The highest BCUT2D eigenvalue weighted by atomic mass is 35.5. The van der Waals surface area contributed by atoms with Gasteiger partial charge in [-0.3, -0.25) is 9.52 Å². The van der Waals surface area contributed by atoms with Crippen molar-refractivity contribution < 1.29 is 27.9 Å². The second-order valence-corrected chi connectivity index (χ2v) is 6.89. The van der Waals surface area contributed by atoms with Gasteiger partial charge in [0.1, 0.15) is 10.6 Å². The standard InChI is InChI=1S/C15H13ClN2O6S/c1-24-12-5-3-8(14(17)19)6-11(12)18-25(22,23)13-7-9(15(20)21)2-4-10(13)16/h2-7,18H,1H3,(H2,17,19)(H,20,21). The van der Waals surface area contributed by atoms with E-state index >= 15 is 0 Å². The minimum absolute atomic E-state index is 0.0457. The molecule has 8 nitrogen and oxygen atoms in total. The SMILES string of the molecule is COc1ccc(C(N)=O)cc1NS(=O)(=O)c1cc(C(=O)O)ccc1Cl. The minimum atomic E-state index is -4.25. The molecular formula is C15H13ClN2O6S. The first-order valence-electron chi connectivity index (χ1n) is 6.69. The fraction of sp³-hybridized carbons (Fsp3) is 0.0667. The molecule has 0 saturated heterocycles. The Morgan fingerprint density at radius 1 is 1.16 bits per heavy atom. The number of anilines is 1. The number of methoxy groups -OCH3 is 1. The molecule has 2 rings (SSSR count). The molecule has 0 bridgehead atoms. The van der Waals surface area contributed by atoms with Gasteiger partial charge in [-0.05, 0) is 36.4 Å². The second-order valence-electron chi connectivity index (χ2n) is 4.84. The first-order chi connectivity index (χ1) is 11.7. The van der Waals surface area contributed by atoms with Crippen molar-refractivity contribution in [3.8, 4) is 5.75 Å². The van der Waals surface area contributed by atoms with E-state index in [4.69, 9.17) is 27.2 Å². The number of hydrogen-bond acceptors (Lipinski definition) is 5. The van der Waals surface area contributed by atoms with Gasteiger partial charge in [-0.1, -0.05) is 11.6 Å². The molecule has 0 heterocycles. The summed E-state index contributed by atoms with van der Waals surface area (Å²) in [6, 6.07) is 7.21. The molecule has 4 N–H and O–H groups in total. The smallest absolute Gasteiger partial charge is 0.335 e. The normalized spacial score (nSPS) is 11.0. The molecule has 2 aromatic carbocycles. The summed E-state index contributed by atoms with van der Waals surface area (Å²) in [5, 5.41) is 8.84. The number of ether oxygens (including phenoxy) is 1. The van der Waals surface area contributed by atoms with Gasteiger partial charge in [0.25, 0.3) is 10.0 Å². The van der Waals surface area contributed by atoms with E-state index < -0.39 is 26.8 Å². The molecule has 0 unspecified atom stereocenters. The molecule has 0 atom stereocenters. The van der Waals surface area contributed by atoms with E-state index in [1.54, 1.807) is 0 Å². The first-order valence-corrected chi connectivity index (χ1v) is 8.55. The van der Waals surface area contributed by atoms with Crippen LogP contribution in [0.3, 0.4) is 0 Å². The van der Waals surface area contributed by atoms with E-state index in [1.165, 1.54) is 31.4 Å². The van der Waals surface area contributed by atoms with Crippen LogP contribution in [0.4, 0.5) is 5.69 Å². The number of nitrogens with two attached hydrogens (primary N) is 1. The summed E-state index contributed by atoms with van der Waals surface area (Å²) in [6.07, 6.45) is 0. The molecule has 10 heteroatoms. The van der Waals surface area contributed by atoms with Crippen molar-refractivity contribution in [2.45, 2.75) is 4.90 Å². The highest BCUT2D eigenvalue weighted by molar-refractivity contribution is 7.92. The third-order valence-electron chi connectivity index (χ3n) is 3.20. The van der Waals surface area contributed by atoms with Crippen LogP contribution in [0, 0.1) is 0 Å². The van der Waals surface area contributed by atoms with Crippen molar-refractivity contribution in [2.24, 2.45) is 5.73 Å². The quantitative estimate of drug-likeness (QED) is 0.696. The van der Waals surface area contributed by atoms with E-state index in [-0.39, 0.29) is 27.6 Å². The number of carbonyl (C=O) groups excluding carboxylic acids is 1. The van der Waals surface area contributed by atoms with Gasteiger partial charge in [0.05, 0.1) is 23.4 Å². The molecule has 0 spiro atoms. The highest BCUT2D eigenvalue weighted by Gasteiger charge is 2.22. The Labute approximate surface area is 148 Å². The summed E-state index contributed by atoms with van der Waals surface area (Å²) >= 11 is 5.89. The van der Waals surface area contributed by atoms with Crippen LogP contribution in [-0.4, -0.2) is 32.5 Å². The van der Waals surface area contributed by atoms with Gasteiger partial charge in [0.2, 0.25) is 5.91 Å². The number of nitrogens with one attached hydrogen (secondary N) is 1. The van der Waals surface area contributed by atoms with Crippen LogP contribution in [-0.2, 0) is 10.0 Å². The van der Waals surface area contributed by atoms with Crippen LogP contribution in [0.5, 0.6) is 5.75 Å². The monoisotopic (exact) mass is 384 g/mol. The lowest BCUT2D eigenvalue weighted by molar-refractivity contribution is 0.0696. The number of rotatable bonds is 6. The number of primary amides is 1. The molecule has 132 valence electrons. The maximum absolute atomic E-state index is 12.6. The Morgan fingerprint density at radius 2 is 1.80 bits per heavy atom. The van der Waals surface area contributed by atoms with Gasteiger partial charge in [-0.25, -0.2) is 13.2 Å². The van der Waals surface area contributed by atoms with Crippen LogP contribution in [0.1, 0.15) is 20.7 Å². The van der Waals surface area contributed by atoms with Gasteiger partial charge in [-0.15, -0.1) is 0 Å². The molecule has 0 saturated carbocycles. The van der Waals surface area contributed by atoms with E-state index in [1.807, 2.05) is 0 Å². The molecule has 1 amide bonds. The van der Waals surface area contributed by atoms with E-state index in [2.05, 4.69) is 4.72 Å². The summed E-state index contributed by atoms with van der Waals surface area (Å²) in [4.78, 5) is 21.9. The molecule has 0 radical (unpaired) electrons. The number of carboxylic acids is 1. The van der Waals surface area contributed by atoms with Crippen molar-refractivity contribution in [1.82, 2.24) is 0 Å². The third kappa shape index (κ3) is 4.01. The van der Waals surface area contributed by atoms with E-state index in [9.17, 15) is 18.0 Å². The fourth-order valence-electron chi connectivity index (χ4n) is 1.98. The molecule has 0 aromatic heterocycles. The number of benzene rings is 2. The molecular weight excluding hydrogens is 372 g/mol. The Morgan fingerprint density at radius 3 is 2.36 bits per heavy atom. The lowest BCUT2D eigenvalue weighted by Gasteiger charge is -2.14. The fourth-order valence-corrected chi connectivity index (χ4v) is 3.57. The van der Waals surface area contributed by atoms with Gasteiger partial charge in [0, 0.05) is 5.56 Å². The van der Waals surface area contributed by atoms with Crippen molar-refractivity contribution in [3.05, 3.63) is 52.5 Å². The zero-order valence-electron chi connectivity index (χ0n) is 12.8. The predicted molar refractivity (Wildman–Crippen MR) is 90.7 cm³/mol. The predicted octanol–water partition coefficient (Wildman–Crippen LogP) is 1.95. The van der Waals surface area contributed by atoms with Crippen LogP contribution in [0.25, 0.3) is 0 Å². The molecule has 0 fully saturated rings. The van der Waals surface area contributed by atoms with Crippen LogP contribution in [0.2, 0.25) is 5.02 Å². The zero-order valence-corrected chi connectivity index (χ0v) is 14.4. The maximum atomic E-state index is 12.6. The second kappa shape index (κ2) is 6.99. The van der Waals surface area contributed by atoms with Crippen molar-refractivity contribution in [2.75, 3.05) is 11.8 Å². The van der Waals surface area contributed by atoms with E-state index in [0.717, 1.165) is 12.1 Å². The Kier molecular flexibility index (Phi) is 5.19. The number of sulfonamides is 1. The number of halogens is 1. The summed E-state index contributed by atoms with van der Waals surface area (Å²) in [5.74, 6) is -1.92. The van der Waals surface area contributed by atoms with Crippen LogP contribution in [0.15, 0.2) is 41.3 Å². The Hall–Kier alpha value is -2.78. The van der Waals surface area contributed by atoms with Crippen molar-refractivity contribution >= 4 is 39.2 Å². The third-order valence-corrected chi connectivity index (χ3v) is 5.04. The Balaban J connectivity index is 2.53. The minimum Gasteiger partial charge on any atom is -0.495 e. The summed E-state index contributed by atoms with van der Waals surface area (Å²) in [5.41, 5.74) is 4.95. The topological polar surface area (TPSA) is 136 Å². The molecule has 0 aliphatic heterocycles. The highest BCUT2D eigenvalue weighted by Crippen LogP contribution is 2.30. The Bertz CT molecular complexity index is 958. The largest absolute Gasteiger partial charge is 0.495 e. The van der Waals surface area contributed by atoms with Crippen LogP contribution >= 0.6 is 11.6 Å². The molecule has 0 aliphatic carbocycles. The average Bonchev–Trinajstić information content (AvgIpc) is 2.54. The lowest BCUT2D eigenvalue weighted by atomic mass is 10.2. The lowest BCUT2D eigenvalue weighted by Crippen LogP contribution is -2.16. The van der Waals surface area contributed by atoms with Gasteiger partial charge in [0.15, 0.2) is 0 Å². The van der Waals surface area contributed by atoms with Crippen LogP contribution < -0.4 is 15.2 Å². The van der Waals surface area contributed by atoms with Gasteiger partial charge >= 0.3 is 5.97 Å². The van der Waals surface area contributed by atoms with Crippen molar-refractivity contribution in [1.29, 1.82) is 0 Å². The number of carbonyl (C=O) groups is 2. The van der Waals surface area contributed by atoms with Gasteiger partial charge < -0.3 is 15.6 Å². The number of aromatic carboxylic acids is 1. The molecule has 0 aliphatic rings. The maximum Gasteiger partial charge on any atom is 0.335 e. The summed E-state index contributed by atoms with van der Waals surface area (Å²) in [7, 11) is -2.94. The summed E-state index contributed by atoms with van der Waals surface area (Å²) in [6.45, 7) is 0. The van der Waals surface area contributed by atoms with E-state index in [0.29, 0.717) is 0 Å². The van der Waals surface area contributed by atoms with Gasteiger partial charge in [-0.2, -0.15) is 0 Å². The van der Waals surface area contributed by atoms with Crippen molar-refractivity contribution in [3.63, 3.8) is 0 Å². The average molecular weight is 385 g/mol. The zero-order chi connectivity index (χ0) is 18.8. The number of hydrogen-bond donors (Lipinski definition) is 3.